The zero-order valence-electron chi connectivity index (χ0n) is 7.24. The molecule has 0 aliphatic rings. The van der Waals surface area contributed by atoms with E-state index in [2.05, 4.69) is 9.98 Å². The Balaban J connectivity index is 3.13. The van der Waals surface area contributed by atoms with Crippen LogP contribution in [0.1, 0.15) is 5.69 Å². The summed E-state index contributed by atoms with van der Waals surface area (Å²) in [6.45, 7) is 0. The van der Waals surface area contributed by atoms with Crippen molar-refractivity contribution in [3.05, 3.63) is 35.2 Å². The molecule has 0 saturated heterocycles. The van der Waals surface area contributed by atoms with Gasteiger partial charge < -0.3 is 5.73 Å². The van der Waals surface area contributed by atoms with Crippen LogP contribution >= 0.6 is 11.6 Å². The van der Waals surface area contributed by atoms with E-state index in [1.54, 1.807) is 31.6 Å². The van der Waals surface area contributed by atoms with Crippen molar-refractivity contribution in [3.8, 4) is 0 Å². The van der Waals surface area contributed by atoms with Crippen LogP contribution in [0.5, 0.6) is 0 Å². The zero-order valence-corrected chi connectivity index (χ0v) is 7.99. The summed E-state index contributed by atoms with van der Waals surface area (Å²) >= 11 is 5.91. The van der Waals surface area contributed by atoms with Crippen molar-refractivity contribution < 1.29 is 0 Å². The summed E-state index contributed by atoms with van der Waals surface area (Å²) in [5.41, 5.74) is 6.77. The van der Waals surface area contributed by atoms with Gasteiger partial charge in [0.1, 0.15) is 0 Å². The highest BCUT2D eigenvalue weighted by Crippen LogP contribution is 2.18. The molecule has 0 aliphatic heterocycles. The predicted octanol–water partition coefficient (Wildman–Crippen LogP) is 1.74. The summed E-state index contributed by atoms with van der Waals surface area (Å²) in [5, 5.41) is 0.569. The van der Waals surface area contributed by atoms with Gasteiger partial charge in [-0.2, -0.15) is 0 Å². The second-order valence-corrected chi connectivity index (χ2v) is 2.75. The second-order valence-electron chi connectivity index (χ2n) is 2.34. The number of allylic oxidation sites excluding steroid dienone is 1. The minimum atomic E-state index is 0.569. The molecule has 0 amide bonds. The van der Waals surface area contributed by atoms with Crippen LogP contribution < -0.4 is 5.73 Å². The van der Waals surface area contributed by atoms with Crippen molar-refractivity contribution in [2.75, 3.05) is 7.05 Å². The van der Waals surface area contributed by atoms with Gasteiger partial charge in [0.25, 0.3) is 0 Å². The van der Waals surface area contributed by atoms with Gasteiger partial charge in [-0.15, -0.1) is 0 Å². The maximum Gasteiger partial charge on any atom is 0.0917 e. The van der Waals surface area contributed by atoms with Gasteiger partial charge in [-0.3, -0.25) is 9.98 Å². The fourth-order valence-electron chi connectivity index (χ4n) is 0.920. The van der Waals surface area contributed by atoms with Crippen LogP contribution in [0.25, 0.3) is 5.57 Å². The number of aromatic nitrogens is 1. The van der Waals surface area contributed by atoms with E-state index in [1.165, 1.54) is 6.20 Å². The minimum Gasteiger partial charge on any atom is -0.404 e. The van der Waals surface area contributed by atoms with Gasteiger partial charge in [0.05, 0.1) is 10.7 Å². The largest absolute Gasteiger partial charge is 0.404 e. The molecule has 0 aromatic carbocycles. The third kappa shape index (κ3) is 2.29. The molecule has 0 saturated carbocycles. The first-order chi connectivity index (χ1) is 6.29. The topological polar surface area (TPSA) is 51.3 Å². The van der Waals surface area contributed by atoms with E-state index in [1.807, 2.05) is 0 Å². The van der Waals surface area contributed by atoms with Crippen LogP contribution in [0.15, 0.2) is 29.5 Å². The van der Waals surface area contributed by atoms with Crippen LogP contribution in [-0.4, -0.2) is 18.2 Å². The van der Waals surface area contributed by atoms with Crippen molar-refractivity contribution in [3.63, 3.8) is 0 Å². The van der Waals surface area contributed by atoms with Gasteiger partial charge >= 0.3 is 0 Å². The van der Waals surface area contributed by atoms with Crippen LogP contribution in [0, 0.1) is 0 Å². The van der Waals surface area contributed by atoms with Crippen molar-refractivity contribution in [2.24, 2.45) is 10.7 Å². The molecular formula is C9H10ClN3. The predicted molar refractivity (Wildman–Crippen MR) is 55.8 cm³/mol. The molecule has 1 aromatic heterocycles. The quantitative estimate of drug-likeness (QED) is 0.731. The lowest BCUT2D eigenvalue weighted by Crippen LogP contribution is -1.95. The van der Waals surface area contributed by atoms with Crippen molar-refractivity contribution in [1.82, 2.24) is 4.98 Å². The van der Waals surface area contributed by atoms with E-state index in [0.717, 1.165) is 0 Å². The Kier molecular flexibility index (Phi) is 3.46. The third-order valence-corrected chi connectivity index (χ3v) is 1.78. The first kappa shape index (κ1) is 9.74. The summed E-state index contributed by atoms with van der Waals surface area (Å²) in [6, 6.07) is 3.53. The molecule has 1 heterocycles. The molecule has 0 bridgehead atoms. The number of hydrogen-bond donors (Lipinski definition) is 1. The molecule has 4 heteroatoms. The maximum absolute atomic E-state index is 5.91. The Labute approximate surface area is 82.0 Å². The number of hydrogen-bond acceptors (Lipinski definition) is 3. The summed E-state index contributed by atoms with van der Waals surface area (Å²) < 4.78 is 0. The number of nitrogens with zero attached hydrogens (tertiary/aromatic N) is 2. The third-order valence-electron chi connectivity index (χ3n) is 1.48. The Hall–Kier alpha value is -1.35. The lowest BCUT2D eigenvalue weighted by Gasteiger charge is -2.01. The van der Waals surface area contributed by atoms with E-state index < -0.39 is 0 Å². The number of aliphatic imine (C=N–C) groups is 1. The van der Waals surface area contributed by atoms with Crippen LogP contribution in [0.4, 0.5) is 0 Å². The van der Waals surface area contributed by atoms with Gasteiger partial charge in [-0.25, -0.2) is 0 Å². The summed E-state index contributed by atoms with van der Waals surface area (Å²) in [5.74, 6) is 0. The zero-order chi connectivity index (χ0) is 9.68. The lowest BCUT2D eigenvalue weighted by atomic mass is 10.2. The SMILES string of the molecule is CN=CC(=CN)c1ncccc1Cl. The monoisotopic (exact) mass is 195 g/mol. The van der Waals surface area contributed by atoms with E-state index >= 15 is 0 Å². The average Bonchev–Trinajstić information content (AvgIpc) is 2.16. The summed E-state index contributed by atoms with van der Waals surface area (Å²) in [6.07, 6.45) is 4.71. The Morgan fingerprint density at radius 2 is 2.46 bits per heavy atom. The van der Waals surface area contributed by atoms with Gasteiger partial charge in [-0.05, 0) is 12.1 Å². The molecule has 1 rings (SSSR count). The van der Waals surface area contributed by atoms with Gasteiger partial charge in [0.15, 0.2) is 0 Å². The first-order valence-electron chi connectivity index (χ1n) is 3.74. The standard InChI is InChI=1S/C9H10ClN3/c1-12-6-7(5-11)9-8(10)3-2-4-13-9/h2-6H,11H2,1H3. The highest BCUT2D eigenvalue weighted by molar-refractivity contribution is 6.33. The van der Waals surface area contributed by atoms with E-state index in [-0.39, 0.29) is 0 Å². The van der Waals surface area contributed by atoms with Gasteiger partial charge in [0, 0.05) is 31.2 Å². The van der Waals surface area contributed by atoms with Crippen molar-refractivity contribution >= 4 is 23.4 Å². The Morgan fingerprint density at radius 1 is 1.69 bits per heavy atom. The minimum absolute atomic E-state index is 0.569. The second kappa shape index (κ2) is 4.62. The highest BCUT2D eigenvalue weighted by Gasteiger charge is 2.03. The molecule has 0 unspecified atom stereocenters. The molecule has 0 radical (unpaired) electrons. The Bertz CT molecular complexity index is 344. The molecule has 0 atom stereocenters. The number of nitrogens with two attached hydrogens (primary N) is 1. The molecule has 68 valence electrons. The van der Waals surface area contributed by atoms with Crippen LogP contribution in [0.3, 0.4) is 0 Å². The number of pyridine rings is 1. The highest BCUT2D eigenvalue weighted by atomic mass is 35.5. The number of rotatable bonds is 2. The smallest absolute Gasteiger partial charge is 0.0917 e. The Morgan fingerprint density at radius 3 is 3.00 bits per heavy atom. The summed E-state index contributed by atoms with van der Waals surface area (Å²) in [7, 11) is 1.67. The van der Waals surface area contributed by atoms with E-state index in [0.29, 0.717) is 16.3 Å². The van der Waals surface area contributed by atoms with Crippen LogP contribution in [-0.2, 0) is 0 Å². The fourth-order valence-corrected chi connectivity index (χ4v) is 1.15. The van der Waals surface area contributed by atoms with E-state index in [4.69, 9.17) is 17.3 Å². The normalized spacial score (nSPS) is 12.3. The average molecular weight is 196 g/mol. The molecule has 2 N–H and O–H groups in total. The fraction of sp³-hybridized carbons (Fsp3) is 0.111. The molecule has 13 heavy (non-hydrogen) atoms. The molecule has 3 nitrogen and oxygen atoms in total. The van der Waals surface area contributed by atoms with Gasteiger partial charge in [-0.1, -0.05) is 11.6 Å². The van der Waals surface area contributed by atoms with Crippen molar-refractivity contribution in [2.45, 2.75) is 0 Å². The molecule has 0 fully saturated rings. The molecule has 1 aromatic rings. The summed E-state index contributed by atoms with van der Waals surface area (Å²) in [4.78, 5) is 7.95. The van der Waals surface area contributed by atoms with Crippen LogP contribution in [0.2, 0.25) is 5.02 Å². The lowest BCUT2D eigenvalue weighted by molar-refractivity contribution is 1.28. The molecular weight excluding hydrogens is 186 g/mol. The van der Waals surface area contributed by atoms with Crippen molar-refractivity contribution in [1.29, 1.82) is 0 Å². The molecule has 0 spiro atoms. The number of halogens is 1. The first-order valence-corrected chi connectivity index (χ1v) is 4.12. The van der Waals surface area contributed by atoms with Gasteiger partial charge in [0.2, 0.25) is 0 Å². The molecule has 0 aliphatic carbocycles. The van der Waals surface area contributed by atoms with E-state index in [9.17, 15) is 0 Å². The maximum atomic E-state index is 5.91.